The second kappa shape index (κ2) is 6.91. The number of halogens is 1. The van der Waals surface area contributed by atoms with E-state index < -0.39 is 0 Å². The van der Waals surface area contributed by atoms with Crippen molar-refractivity contribution >= 4 is 29.9 Å². The lowest BCUT2D eigenvalue weighted by molar-refractivity contribution is -0.117. The van der Waals surface area contributed by atoms with Crippen molar-refractivity contribution in [3.05, 3.63) is 29.8 Å². The molecule has 1 unspecified atom stereocenters. The second-order valence-electron chi connectivity index (χ2n) is 5.51. The quantitative estimate of drug-likeness (QED) is 0.790. The van der Waals surface area contributed by atoms with Crippen LogP contribution in [0.5, 0.6) is 0 Å². The van der Waals surface area contributed by atoms with Gasteiger partial charge >= 0.3 is 0 Å². The van der Waals surface area contributed by atoms with Gasteiger partial charge in [-0.2, -0.15) is 0 Å². The largest absolute Gasteiger partial charge is 0.348 e. The molecule has 0 aromatic heterocycles. The van der Waals surface area contributed by atoms with Crippen LogP contribution in [0.3, 0.4) is 0 Å². The molecule has 5 nitrogen and oxygen atoms in total. The zero-order valence-electron chi connectivity index (χ0n) is 11.7. The first-order valence-corrected chi connectivity index (χ1v) is 7.15. The first-order chi connectivity index (χ1) is 9.72. The summed E-state index contributed by atoms with van der Waals surface area (Å²) in [5, 5.41) is 9.07. The van der Waals surface area contributed by atoms with Gasteiger partial charge in [0.15, 0.2) is 0 Å². The van der Waals surface area contributed by atoms with Gasteiger partial charge in [-0.05, 0) is 44.0 Å². The van der Waals surface area contributed by atoms with Crippen LogP contribution >= 0.6 is 12.4 Å². The average Bonchev–Trinajstić information content (AvgIpc) is 3.18. The van der Waals surface area contributed by atoms with E-state index in [0.717, 1.165) is 32.4 Å². The highest BCUT2D eigenvalue weighted by Gasteiger charge is 2.29. The third-order valence-electron chi connectivity index (χ3n) is 3.74. The van der Waals surface area contributed by atoms with E-state index >= 15 is 0 Å². The Morgan fingerprint density at radius 2 is 2.00 bits per heavy atom. The van der Waals surface area contributed by atoms with Crippen molar-refractivity contribution in [3.8, 4) is 0 Å². The summed E-state index contributed by atoms with van der Waals surface area (Å²) in [7, 11) is 0. The van der Waals surface area contributed by atoms with Crippen LogP contribution in [0.15, 0.2) is 24.3 Å². The maximum Gasteiger partial charge on any atom is 0.251 e. The smallest absolute Gasteiger partial charge is 0.251 e. The average molecular weight is 310 g/mol. The van der Waals surface area contributed by atoms with Crippen molar-refractivity contribution in [3.63, 3.8) is 0 Å². The standard InChI is InChI=1S/C15H19N3O2.ClH/c19-14(10-4-5-10)17-12-3-1-2-11(8-12)15(20)18-13-6-7-16-9-13;/h1-3,8,10,13,16H,4-7,9H2,(H,17,19)(H,18,20);1H. The summed E-state index contributed by atoms with van der Waals surface area (Å²) in [6.07, 6.45) is 2.91. The molecule has 2 amide bonds. The molecule has 1 saturated carbocycles. The van der Waals surface area contributed by atoms with Gasteiger partial charge in [-0.1, -0.05) is 6.07 Å². The predicted octanol–water partition coefficient (Wildman–Crippen LogP) is 1.55. The molecule has 3 N–H and O–H groups in total. The molecule has 1 aliphatic carbocycles. The summed E-state index contributed by atoms with van der Waals surface area (Å²) in [5.74, 6) is 0.140. The zero-order chi connectivity index (χ0) is 13.9. The Morgan fingerprint density at radius 3 is 2.67 bits per heavy atom. The number of amides is 2. The van der Waals surface area contributed by atoms with Gasteiger partial charge in [0.1, 0.15) is 0 Å². The number of nitrogens with one attached hydrogen (secondary N) is 3. The Kier molecular flexibility index (Phi) is 5.20. The Morgan fingerprint density at radius 1 is 1.19 bits per heavy atom. The topological polar surface area (TPSA) is 70.2 Å². The maximum absolute atomic E-state index is 12.1. The fourth-order valence-corrected chi connectivity index (χ4v) is 2.37. The molecule has 1 atom stereocenters. The van der Waals surface area contributed by atoms with Crippen LogP contribution in [0.25, 0.3) is 0 Å². The van der Waals surface area contributed by atoms with Crippen LogP contribution < -0.4 is 16.0 Å². The molecule has 3 rings (SSSR count). The fourth-order valence-electron chi connectivity index (χ4n) is 2.37. The Bertz CT molecular complexity index is 525. The highest BCUT2D eigenvalue weighted by Crippen LogP contribution is 2.30. The highest BCUT2D eigenvalue weighted by atomic mass is 35.5. The number of anilines is 1. The lowest BCUT2D eigenvalue weighted by atomic mass is 10.1. The van der Waals surface area contributed by atoms with Crippen LogP contribution in [-0.4, -0.2) is 30.9 Å². The lowest BCUT2D eigenvalue weighted by Gasteiger charge is -2.12. The molecular weight excluding hydrogens is 290 g/mol. The van der Waals surface area contributed by atoms with Gasteiger partial charge in [-0.25, -0.2) is 0 Å². The molecule has 21 heavy (non-hydrogen) atoms. The van der Waals surface area contributed by atoms with Crippen molar-refractivity contribution in [1.29, 1.82) is 0 Å². The van der Waals surface area contributed by atoms with Gasteiger partial charge in [-0.15, -0.1) is 12.4 Å². The Hall–Kier alpha value is -1.59. The minimum atomic E-state index is -0.0822. The van der Waals surface area contributed by atoms with Crippen LogP contribution in [0.2, 0.25) is 0 Å². The summed E-state index contributed by atoms with van der Waals surface area (Å²) in [6.45, 7) is 1.77. The van der Waals surface area contributed by atoms with Crippen LogP contribution in [0.4, 0.5) is 5.69 Å². The normalized spacial score (nSPS) is 20.5. The van der Waals surface area contributed by atoms with Crippen LogP contribution in [-0.2, 0) is 4.79 Å². The minimum Gasteiger partial charge on any atom is -0.348 e. The van der Waals surface area contributed by atoms with Crippen molar-refractivity contribution in [2.75, 3.05) is 18.4 Å². The number of rotatable bonds is 4. The highest BCUT2D eigenvalue weighted by molar-refractivity contribution is 5.98. The SMILES string of the molecule is Cl.O=C(NC1CCNC1)c1cccc(NC(=O)C2CC2)c1. The fraction of sp³-hybridized carbons (Fsp3) is 0.467. The number of carbonyl (C=O) groups excluding carboxylic acids is 2. The molecule has 0 bridgehead atoms. The van der Waals surface area contributed by atoms with E-state index in [9.17, 15) is 9.59 Å². The predicted molar refractivity (Wildman–Crippen MR) is 83.8 cm³/mol. The van der Waals surface area contributed by atoms with Crippen molar-refractivity contribution in [2.45, 2.75) is 25.3 Å². The molecule has 0 radical (unpaired) electrons. The third kappa shape index (κ3) is 4.19. The van der Waals surface area contributed by atoms with Crippen molar-refractivity contribution in [2.24, 2.45) is 5.92 Å². The first-order valence-electron chi connectivity index (χ1n) is 7.15. The molecular formula is C15H20ClN3O2. The van der Waals surface area contributed by atoms with E-state index in [2.05, 4.69) is 16.0 Å². The summed E-state index contributed by atoms with van der Waals surface area (Å²) < 4.78 is 0. The molecule has 2 fully saturated rings. The third-order valence-corrected chi connectivity index (χ3v) is 3.74. The molecule has 1 aromatic rings. The minimum absolute atomic E-state index is 0. The van der Waals surface area contributed by atoms with E-state index in [1.54, 1.807) is 18.2 Å². The number of hydrogen-bond donors (Lipinski definition) is 3. The molecule has 1 saturated heterocycles. The maximum atomic E-state index is 12.1. The molecule has 1 heterocycles. The zero-order valence-corrected chi connectivity index (χ0v) is 12.5. The first kappa shape index (κ1) is 15.8. The van der Waals surface area contributed by atoms with Crippen molar-refractivity contribution < 1.29 is 9.59 Å². The van der Waals surface area contributed by atoms with Gasteiger partial charge in [-0.3, -0.25) is 9.59 Å². The van der Waals surface area contributed by atoms with E-state index in [-0.39, 0.29) is 36.2 Å². The van der Waals surface area contributed by atoms with Crippen molar-refractivity contribution in [1.82, 2.24) is 10.6 Å². The van der Waals surface area contributed by atoms with Crippen LogP contribution in [0.1, 0.15) is 29.6 Å². The summed E-state index contributed by atoms with van der Waals surface area (Å²) in [6, 6.07) is 7.31. The molecule has 1 aliphatic heterocycles. The van der Waals surface area contributed by atoms with Crippen LogP contribution in [0, 0.1) is 5.92 Å². The number of hydrogen-bond acceptors (Lipinski definition) is 3. The van der Waals surface area contributed by atoms with E-state index in [1.807, 2.05) is 6.07 Å². The van der Waals surface area contributed by atoms with Gasteiger partial charge in [0.2, 0.25) is 5.91 Å². The van der Waals surface area contributed by atoms with Gasteiger partial charge in [0.25, 0.3) is 5.91 Å². The van der Waals surface area contributed by atoms with Gasteiger partial charge in [0.05, 0.1) is 0 Å². The monoisotopic (exact) mass is 309 g/mol. The van der Waals surface area contributed by atoms with E-state index in [1.165, 1.54) is 0 Å². The molecule has 1 aromatic carbocycles. The summed E-state index contributed by atoms with van der Waals surface area (Å²) >= 11 is 0. The molecule has 2 aliphatic rings. The molecule has 6 heteroatoms. The van der Waals surface area contributed by atoms with E-state index in [0.29, 0.717) is 11.3 Å². The molecule has 114 valence electrons. The number of benzene rings is 1. The lowest BCUT2D eigenvalue weighted by Crippen LogP contribution is -2.36. The van der Waals surface area contributed by atoms with Gasteiger partial charge in [0, 0.05) is 29.8 Å². The molecule has 0 spiro atoms. The van der Waals surface area contributed by atoms with Gasteiger partial charge < -0.3 is 16.0 Å². The summed E-state index contributed by atoms with van der Waals surface area (Å²) in [5.41, 5.74) is 1.28. The van der Waals surface area contributed by atoms with E-state index in [4.69, 9.17) is 0 Å². The Balaban J connectivity index is 0.00000161. The Labute approximate surface area is 130 Å². The number of carbonyl (C=O) groups is 2. The second-order valence-corrected chi connectivity index (χ2v) is 5.51. The summed E-state index contributed by atoms with van der Waals surface area (Å²) in [4.78, 5) is 23.8.